The van der Waals surface area contributed by atoms with E-state index in [0.717, 1.165) is 16.3 Å². The predicted octanol–water partition coefficient (Wildman–Crippen LogP) is 1.63. The molecule has 0 saturated carbocycles. The molecule has 0 saturated heterocycles. The van der Waals surface area contributed by atoms with Gasteiger partial charge in [0.15, 0.2) is 0 Å². The lowest BCUT2D eigenvalue weighted by Crippen LogP contribution is -2.25. The van der Waals surface area contributed by atoms with Crippen molar-refractivity contribution >= 4 is 24.2 Å². The Morgan fingerprint density at radius 1 is 0.526 bits per heavy atom. The number of hydrogen-bond donors (Lipinski definition) is 0. The Kier molecular flexibility index (Phi) is 3.57. The first-order valence-electron chi connectivity index (χ1n) is 5.98. The quantitative estimate of drug-likeness (QED) is 0.676. The van der Waals surface area contributed by atoms with Crippen molar-refractivity contribution < 1.29 is 0 Å². The van der Waals surface area contributed by atoms with Crippen LogP contribution in [0.2, 0.25) is 0 Å². The summed E-state index contributed by atoms with van der Waals surface area (Å²) in [5.74, 6) is 0. The lowest BCUT2D eigenvalue weighted by atomic mass is 10.5. The minimum Gasteiger partial charge on any atom is -0.256 e. The Labute approximate surface area is 113 Å². The predicted molar refractivity (Wildman–Crippen MR) is 78.5 cm³/mol. The molecule has 3 rings (SSSR count). The van der Waals surface area contributed by atoms with Gasteiger partial charge in [0.05, 0.1) is 16.3 Å². The second kappa shape index (κ2) is 5.68. The maximum absolute atomic E-state index is 4.48. The van der Waals surface area contributed by atoms with Gasteiger partial charge in [0.25, 0.3) is 0 Å². The molecule has 92 valence electrons. The van der Waals surface area contributed by atoms with Crippen LogP contribution in [0.1, 0.15) is 0 Å². The van der Waals surface area contributed by atoms with E-state index in [-0.39, 0.29) is 0 Å². The molecular formula is C15H12N3P. The molecule has 0 unspecified atom stereocenters. The van der Waals surface area contributed by atoms with Gasteiger partial charge < -0.3 is 0 Å². The molecule has 0 atom stereocenters. The molecule has 0 fully saturated rings. The number of nitrogens with zero attached hydrogens (tertiary/aromatic N) is 3. The van der Waals surface area contributed by atoms with Crippen LogP contribution in [-0.4, -0.2) is 15.0 Å². The van der Waals surface area contributed by atoms with Crippen molar-refractivity contribution in [3.63, 3.8) is 0 Å². The summed E-state index contributed by atoms with van der Waals surface area (Å²) in [6, 6.07) is 17.9. The average molecular weight is 265 g/mol. The second-order valence-corrected chi connectivity index (χ2v) is 5.94. The van der Waals surface area contributed by atoms with Gasteiger partial charge in [-0.3, -0.25) is 15.0 Å². The molecule has 3 aromatic heterocycles. The highest BCUT2D eigenvalue weighted by Gasteiger charge is 2.19. The zero-order chi connectivity index (χ0) is 12.9. The van der Waals surface area contributed by atoms with Crippen molar-refractivity contribution in [1.29, 1.82) is 0 Å². The van der Waals surface area contributed by atoms with E-state index < -0.39 is 7.92 Å². The van der Waals surface area contributed by atoms with Crippen molar-refractivity contribution in [3.8, 4) is 0 Å². The van der Waals surface area contributed by atoms with Gasteiger partial charge in [-0.15, -0.1) is 0 Å². The molecule has 19 heavy (non-hydrogen) atoms. The third kappa shape index (κ3) is 2.67. The summed E-state index contributed by atoms with van der Waals surface area (Å²) in [6.07, 6.45) is 5.45. The monoisotopic (exact) mass is 265 g/mol. The van der Waals surface area contributed by atoms with Gasteiger partial charge in [-0.2, -0.15) is 0 Å². The Bertz CT molecular complexity index is 535. The fourth-order valence-corrected chi connectivity index (χ4v) is 3.77. The topological polar surface area (TPSA) is 38.7 Å². The maximum atomic E-state index is 4.48. The molecule has 0 aliphatic rings. The Hall–Kier alpha value is -2.12. The van der Waals surface area contributed by atoms with Crippen LogP contribution in [0.3, 0.4) is 0 Å². The van der Waals surface area contributed by atoms with Crippen LogP contribution < -0.4 is 16.3 Å². The van der Waals surface area contributed by atoms with Crippen molar-refractivity contribution in [2.24, 2.45) is 0 Å². The van der Waals surface area contributed by atoms with Gasteiger partial charge in [-0.05, 0) is 36.4 Å². The summed E-state index contributed by atoms with van der Waals surface area (Å²) in [6.45, 7) is 0. The van der Waals surface area contributed by atoms with Crippen LogP contribution in [0.15, 0.2) is 73.2 Å². The highest BCUT2D eigenvalue weighted by atomic mass is 31.1. The van der Waals surface area contributed by atoms with Gasteiger partial charge >= 0.3 is 0 Å². The van der Waals surface area contributed by atoms with Crippen LogP contribution >= 0.6 is 7.92 Å². The molecule has 3 heterocycles. The summed E-state index contributed by atoms with van der Waals surface area (Å²) in [7, 11) is -0.779. The summed E-state index contributed by atoms with van der Waals surface area (Å²) in [5.41, 5.74) is 3.07. The number of rotatable bonds is 3. The minimum absolute atomic E-state index is 0.779. The molecule has 0 bridgehead atoms. The third-order valence-electron chi connectivity index (χ3n) is 2.64. The standard InChI is InChI=1S/C15H12N3P/c1-4-10-16-13(7-1)19(14-8-2-5-11-17-14)15-9-3-6-12-18-15/h1-12H. The molecule has 0 aliphatic heterocycles. The van der Waals surface area contributed by atoms with E-state index in [2.05, 4.69) is 15.0 Å². The first-order valence-corrected chi connectivity index (χ1v) is 7.32. The molecule has 0 radical (unpaired) electrons. The van der Waals surface area contributed by atoms with Crippen LogP contribution in [0.25, 0.3) is 0 Å². The zero-order valence-corrected chi connectivity index (χ0v) is 11.1. The first-order chi connectivity index (χ1) is 9.45. The molecule has 0 aliphatic carbocycles. The highest BCUT2D eigenvalue weighted by molar-refractivity contribution is 7.79. The smallest absolute Gasteiger partial charge is 0.0753 e. The van der Waals surface area contributed by atoms with Gasteiger partial charge in [0.1, 0.15) is 0 Å². The summed E-state index contributed by atoms with van der Waals surface area (Å²) < 4.78 is 0. The molecular weight excluding hydrogens is 253 g/mol. The van der Waals surface area contributed by atoms with Crippen molar-refractivity contribution in [2.45, 2.75) is 0 Å². The van der Waals surface area contributed by atoms with E-state index in [9.17, 15) is 0 Å². The fraction of sp³-hybridized carbons (Fsp3) is 0. The van der Waals surface area contributed by atoms with Crippen molar-refractivity contribution in [2.75, 3.05) is 0 Å². The summed E-state index contributed by atoms with van der Waals surface area (Å²) >= 11 is 0. The Balaban J connectivity index is 2.12. The number of hydrogen-bond acceptors (Lipinski definition) is 3. The summed E-state index contributed by atoms with van der Waals surface area (Å²) in [4.78, 5) is 13.4. The van der Waals surface area contributed by atoms with E-state index in [1.54, 1.807) is 0 Å². The lowest BCUT2D eigenvalue weighted by molar-refractivity contribution is 1.35. The van der Waals surface area contributed by atoms with E-state index in [0.29, 0.717) is 0 Å². The molecule has 4 heteroatoms. The van der Waals surface area contributed by atoms with Gasteiger partial charge in [-0.1, -0.05) is 18.2 Å². The molecule has 0 aromatic carbocycles. The maximum Gasteiger partial charge on any atom is 0.0753 e. The zero-order valence-electron chi connectivity index (χ0n) is 10.2. The van der Waals surface area contributed by atoms with E-state index >= 15 is 0 Å². The number of aromatic nitrogens is 3. The highest BCUT2D eigenvalue weighted by Crippen LogP contribution is 2.29. The van der Waals surface area contributed by atoms with Crippen LogP contribution in [0.5, 0.6) is 0 Å². The molecule has 3 aromatic rings. The molecule has 0 N–H and O–H groups in total. The number of pyridine rings is 3. The molecule has 0 amide bonds. The Morgan fingerprint density at radius 3 is 1.16 bits per heavy atom. The summed E-state index contributed by atoms with van der Waals surface area (Å²) in [5, 5.41) is 0. The lowest BCUT2D eigenvalue weighted by Gasteiger charge is -2.15. The van der Waals surface area contributed by atoms with Gasteiger partial charge in [0.2, 0.25) is 0 Å². The van der Waals surface area contributed by atoms with E-state index in [1.807, 2.05) is 73.2 Å². The van der Waals surface area contributed by atoms with E-state index in [1.165, 1.54) is 0 Å². The van der Waals surface area contributed by atoms with Crippen molar-refractivity contribution in [1.82, 2.24) is 15.0 Å². The molecule has 3 nitrogen and oxygen atoms in total. The third-order valence-corrected chi connectivity index (χ3v) is 4.80. The largest absolute Gasteiger partial charge is 0.256 e. The van der Waals surface area contributed by atoms with Crippen LogP contribution in [-0.2, 0) is 0 Å². The Morgan fingerprint density at radius 2 is 0.895 bits per heavy atom. The normalized spacial score (nSPS) is 10.6. The second-order valence-electron chi connectivity index (χ2n) is 3.90. The van der Waals surface area contributed by atoms with E-state index in [4.69, 9.17) is 0 Å². The average Bonchev–Trinajstić information content (AvgIpc) is 2.51. The van der Waals surface area contributed by atoms with Gasteiger partial charge in [0, 0.05) is 26.5 Å². The molecule has 0 spiro atoms. The SMILES string of the molecule is c1ccc(P(c2ccccn2)c2ccccn2)nc1. The minimum atomic E-state index is -0.779. The van der Waals surface area contributed by atoms with Crippen LogP contribution in [0.4, 0.5) is 0 Å². The van der Waals surface area contributed by atoms with Crippen molar-refractivity contribution in [3.05, 3.63) is 73.2 Å². The first kappa shape index (κ1) is 11.9. The van der Waals surface area contributed by atoms with Crippen LogP contribution in [0, 0.1) is 0 Å². The fourth-order valence-electron chi connectivity index (χ4n) is 1.81. The van der Waals surface area contributed by atoms with Gasteiger partial charge in [-0.25, -0.2) is 0 Å².